The standard InChI is InChI=1S/C7H15NO/c1-6-4-8(3)9-5-7(6)2/h6-7H,4-5H2,1-3H3. The lowest BCUT2D eigenvalue weighted by molar-refractivity contribution is -0.192. The number of rotatable bonds is 0. The summed E-state index contributed by atoms with van der Waals surface area (Å²) in [4.78, 5) is 5.29. The van der Waals surface area contributed by atoms with E-state index in [1.807, 2.05) is 12.1 Å². The molecule has 0 aromatic heterocycles. The third-order valence-corrected chi connectivity index (χ3v) is 2.07. The van der Waals surface area contributed by atoms with Gasteiger partial charge in [0.1, 0.15) is 0 Å². The van der Waals surface area contributed by atoms with Gasteiger partial charge in [-0.2, -0.15) is 5.06 Å². The number of hydrogen-bond donors (Lipinski definition) is 0. The fourth-order valence-electron chi connectivity index (χ4n) is 1.05. The fraction of sp³-hybridized carbons (Fsp3) is 1.00. The van der Waals surface area contributed by atoms with Gasteiger partial charge in [-0.1, -0.05) is 13.8 Å². The highest BCUT2D eigenvalue weighted by molar-refractivity contribution is 4.65. The van der Waals surface area contributed by atoms with E-state index in [1.54, 1.807) is 0 Å². The van der Waals surface area contributed by atoms with E-state index < -0.39 is 0 Å². The Balaban J connectivity index is 2.35. The van der Waals surface area contributed by atoms with Crippen molar-refractivity contribution in [3.8, 4) is 0 Å². The molecule has 2 atom stereocenters. The lowest BCUT2D eigenvalue weighted by atomic mass is 9.96. The first kappa shape index (κ1) is 7.03. The minimum absolute atomic E-state index is 0.723. The van der Waals surface area contributed by atoms with Gasteiger partial charge in [-0.05, 0) is 11.8 Å². The van der Waals surface area contributed by atoms with E-state index in [0.29, 0.717) is 0 Å². The van der Waals surface area contributed by atoms with E-state index in [1.165, 1.54) is 0 Å². The summed E-state index contributed by atoms with van der Waals surface area (Å²) >= 11 is 0. The molecule has 0 bridgehead atoms. The molecule has 0 aromatic rings. The van der Waals surface area contributed by atoms with Gasteiger partial charge >= 0.3 is 0 Å². The Kier molecular flexibility index (Phi) is 2.09. The smallest absolute Gasteiger partial charge is 0.0713 e. The van der Waals surface area contributed by atoms with Crippen molar-refractivity contribution in [3.63, 3.8) is 0 Å². The zero-order valence-corrected chi connectivity index (χ0v) is 6.42. The molecule has 1 heterocycles. The van der Waals surface area contributed by atoms with Crippen molar-refractivity contribution in [2.24, 2.45) is 11.8 Å². The first-order valence-corrected chi connectivity index (χ1v) is 3.54. The van der Waals surface area contributed by atoms with Crippen LogP contribution in [0.2, 0.25) is 0 Å². The van der Waals surface area contributed by atoms with Crippen LogP contribution in [-0.2, 0) is 4.84 Å². The Bertz CT molecular complexity index is 94.9. The molecular formula is C7H15NO. The van der Waals surface area contributed by atoms with E-state index in [4.69, 9.17) is 4.84 Å². The second-order valence-electron chi connectivity index (χ2n) is 3.06. The van der Waals surface area contributed by atoms with Crippen molar-refractivity contribution in [1.82, 2.24) is 5.06 Å². The van der Waals surface area contributed by atoms with E-state index >= 15 is 0 Å². The van der Waals surface area contributed by atoms with Crippen LogP contribution in [0, 0.1) is 11.8 Å². The SMILES string of the molecule is CC1CON(C)CC1C. The van der Waals surface area contributed by atoms with Gasteiger partial charge < -0.3 is 0 Å². The van der Waals surface area contributed by atoms with E-state index in [2.05, 4.69) is 13.8 Å². The summed E-state index contributed by atoms with van der Waals surface area (Å²) in [6.45, 7) is 6.46. The lowest BCUT2D eigenvalue weighted by Crippen LogP contribution is -2.36. The molecule has 0 spiro atoms. The summed E-state index contributed by atoms with van der Waals surface area (Å²) in [6, 6.07) is 0. The van der Waals surface area contributed by atoms with Gasteiger partial charge in [-0.3, -0.25) is 4.84 Å². The molecule has 1 aliphatic rings. The Morgan fingerprint density at radius 1 is 1.33 bits per heavy atom. The second-order valence-corrected chi connectivity index (χ2v) is 3.06. The Morgan fingerprint density at radius 3 is 2.44 bits per heavy atom. The number of hydroxylamine groups is 2. The molecule has 2 unspecified atom stereocenters. The van der Waals surface area contributed by atoms with Gasteiger partial charge in [0, 0.05) is 13.6 Å². The fourth-order valence-corrected chi connectivity index (χ4v) is 1.05. The highest BCUT2D eigenvalue weighted by atomic mass is 16.7. The molecule has 1 fully saturated rings. The third-order valence-electron chi connectivity index (χ3n) is 2.07. The van der Waals surface area contributed by atoms with Gasteiger partial charge in [-0.25, -0.2) is 0 Å². The third kappa shape index (κ3) is 1.66. The van der Waals surface area contributed by atoms with Gasteiger partial charge in [-0.15, -0.1) is 0 Å². The topological polar surface area (TPSA) is 12.5 Å². The molecule has 1 saturated heterocycles. The Labute approximate surface area is 56.8 Å². The molecule has 2 nitrogen and oxygen atoms in total. The second kappa shape index (κ2) is 2.67. The van der Waals surface area contributed by atoms with Gasteiger partial charge in [0.25, 0.3) is 0 Å². The highest BCUT2D eigenvalue weighted by Gasteiger charge is 2.20. The number of hydrogen-bond acceptors (Lipinski definition) is 2. The average molecular weight is 129 g/mol. The molecule has 0 saturated carbocycles. The normalized spacial score (nSPS) is 39.0. The molecule has 0 radical (unpaired) electrons. The van der Waals surface area contributed by atoms with Crippen molar-refractivity contribution < 1.29 is 4.84 Å². The molecule has 2 heteroatoms. The molecule has 0 aliphatic carbocycles. The zero-order chi connectivity index (χ0) is 6.85. The van der Waals surface area contributed by atoms with Crippen LogP contribution in [0.15, 0.2) is 0 Å². The van der Waals surface area contributed by atoms with Gasteiger partial charge in [0.05, 0.1) is 6.61 Å². The van der Waals surface area contributed by atoms with Crippen molar-refractivity contribution in [3.05, 3.63) is 0 Å². The number of nitrogens with zero attached hydrogens (tertiary/aromatic N) is 1. The predicted octanol–water partition coefficient (Wildman–Crippen LogP) is 1.14. The summed E-state index contributed by atoms with van der Waals surface area (Å²) in [7, 11) is 1.99. The van der Waals surface area contributed by atoms with Crippen LogP contribution in [0.5, 0.6) is 0 Å². The lowest BCUT2D eigenvalue weighted by Gasteiger charge is -2.31. The zero-order valence-electron chi connectivity index (χ0n) is 6.42. The molecule has 54 valence electrons. The summed E-state index contributed by atoms with van der Waals surface area (Å²) in [5, 5.41) is 1.92. The molecule has 1 aliphatic heterocycles. The predicted molar refractivity (Wildman–Crippen MR) is 36.9 cm³/mol. The summed E-state index contributed by atoms with van der Waals surface area (Å²) in [5.41, 5.74) is 0. The van der Waals surface area contributed by atoms with Crippen molar-refractivity contribution >= 4 is 0 Å². The average Bonchev–Trinajstić information content (AvgIpc) is 1.80. The van der Waals surface area contributed by atoms with Crippen molar-refractivity contribution in [2.75, 3.05) is 20.2 Å². The highest BCUT2D eigenvalue weighted by Crippen LogP contribution is 2.17. The van der Waals surface area contributed by atoms with Crippen molar-refractivity contribution in [2.45, 2.75) is 13.8 Å². The largest absolute Gasteiger partial charge is 0.299 e. The molecular weight excluding hydrogens is 114 g/mol. The van der Waals surface area contributed by atoms with Gasteiger partial charge in [0.15, 0.2) is 0 Å². The van der Waals surface area contributed by atoms with Crippen LogP contribution in [-0.4, -0.2) is 25.3 Å². The van der Waals surface area contributed by atoms with Crippen molar-refractivity contribution in [1.29, 1.82) is 0 Å². The first-order chi connectivity index (χ1) is 4.20. The van der Waals surface area contributed by atoms with E-state index in [-0.39, 0.29) is 0 Å². The summed E-state index contributed by atoms with van der Waals surface area (Å²) in [5.74, 6) is 1.50. The van der Waals surface area contributed by atoms with E-state index in [0.717, 1.165) is 25.0 Å². The Morgan fingerprint density at radius 2 is 2.00 bits per heavy atom. The van der Waals surface area contributed by atoms with Crippen LogP contribution >= 0.6 is 0 Å². The Hall–Kier alpha value is -0.0800. The van der Waals surface area contributed by atoms with Crippen LogP contribution < -0.4 is 0 Å². The van der Waals surface area contributed by atoms with Gasteiger partial charge in [0.2, 0.25) is 0 Å². The summed E-state index contributed by atoms with van der Waals surface area (Å²) < 4.78 is 0. The van der Waals surface area contributed by atoms with Crippen LogP contribution in [0.1, 0.15) is 13.8 Å². The first-order valence-electron chi connectivity index (χ1n) is 3.54. The monoisotopic (exact) mass is 129 g/mol. The molecule has 1 rings (SSSR count). The molecule has 9 heavy (non-hydrogen) atoms. The molecule has 0 N–H and O–H groups in total. The maximum absolute atomic E-state index is 5.29. The molecule has 0 amide bonds. The minimum atomic E-state index is 0.723. The van der Waals surface area contributed by atoms with Crippen LogP contribution in [0.4, 0.5) is 0 Å². The minimum Gasteiger partial charge on any atom is -0.299 e. The maximum Gasteiger partial charge on any atom is 0.0713 e. The quantitative estimate of drug-likeness (QED) is 0.486. The molecule has 0 aromatic carbocycles. The summed E-state index contributed by atoms with van der Waals surface area (Å²) in [6.07, 6.45) is 0. The maximum atomic E-state index is 5.29. The van der Waals surface area contributed by atoms with E-state index in [9.17, 15) is 0 Å². The van der Waals surface area contributed by atoms with Crippen LogP contribution in [0.25, 0.3) is 0 Å². The van der Waals surface area contributed by atoms with Crippen LogP contribution in [0.3, 0.4) is 0 Å².